The van der Waals surface area contributed by atoms with Gasteiger partial charge >= 0.3 is 5.97 Å². The summed E-state index contributed by atoms with van der Waals surface area (Å²) in [6, 6.07) is 1.20. The number of nitrogens with zero attached hydrogens (tertiary/aromatic N) is 1. The highest BCUT2D eigenvalue weighted by atomic mass is 32.2. The minimum absolute atomic E-state index is 0.130. The highest BCUT2D eigenvalue weighted by molar-refractivity contribution is 7.89. The number of carboxylic acid groups (broad SMARTS) is 1. The minimum Gasteiger partial charge on any atom is -0.481 e. The number of carbonyl (C=O) groups excluding carboxylic acids is 1. The van der Waals surface area contributed by atoms with E-state index in [1.165, 1.54) is 23.9 Å². The Hall–Kier alpha value is -1.87. The fourth-order valence-corrected chi connectivity index (χ4v) is 2.32. The third-order valence-corrected chi connectivity index (χ3v) is 3.94. The Morgan fingerprint density at radius 3 is 2.57 bits per heavy atom. The lowest BCUT2D eigenvalue weighted by atomic mass is 10.1. The molecule has 118 valence electrons. The molecule has 0 aliphatic rings. The van der Waals surface area contributed by atoms with E-state index in [0.29, 0.717) is 19.4 Å². The Kier molecular flexibility index (Phi) is 5.50. The number of nitrogens with two attached hydrogens (primary N) is 1. The Balaban J connectivity index is 2.57. The number of aliphatic carboxylic acids is 1. The number of primary sulfonamides is 1. The number of aryl methyl sites for hydroxylation is 1. The van der Waals surface area contributed by atoms with Crippen LogP contribution in [0.15, 0.2) is 17.2 Å². The molecule has 1 rings (SSSR count). The van der Waals surface area contributed by atoms with Crippen LogP contribution in [-0.4, -0.2) is 36.5 Å². The van der Waals surface area contributed by atoms with Gasteiger partial charge in [-0.05, 0) is 18.9 Å². The Labute approximate surface area is 123 Å². The number of hydrogen-bond acceptors (Lipinski definition) is 4. The van der Waals surface area contributed by atoms with E-state index in [2.05, 4.69) is 5.32 Å². The molecule has 1 heterocycles. The second-order valence-corrected chi connectivity index (χ2v) is 6.42. The number of nitrogens with one attached hydrogen (secondary N) is 1. The van der Waals surface area contributed by atoms with Gasteiger partial charge in [0.25, 0.3) is 5.91 Å². The molecule has 1 unspecified atom stereocenters. The summed E-state index contributed by atoms with van der Waals surface area (Å²) in [5.41, 5.74) is 0.172. The van der Waals surface area contributed by atoms with Crippen LogP contribution in [0.4, 0.5) is 0 Å². The van der Waals surface area contributed by atoms with Crippen molar-refractivity contribution in [3.05, 3.63) is 18.0 Å². The fraction of sp³-hybridized carbons (Fsp3) is 0.500. The maximum atomic E-state index is 11.9. The zero-order valence-corrected chi connectivity index (χ0v) is 12.7. The number of hydrogen-bond donors (Lipinski definition) is 3. The first-order chi connectivity index (χ1) is 9.62. The quantitative estimate of drug-likeness (QED) is 0.604. The third-order valence-electron chi connectivity index (χ3n) is 3.06. The van der Waals surface area contributed by atoms with Crippen LogP contribution < -0.4 is 10.5 Å². The molecule has 0 saturated carbocycles. The lowest BCUT2D eigenvalue weighted by molar-refractivity contribution is -0.141. The third kappa shape index (κ3) is 4.87. The SMILES string of the molecule is CC(CCCNC(=O)c1cc(S(N)(=O)=O)cn1C)C(=O)O. The number of sulfonamides is 1. The fourth-order valence-electron chi connectivity index (χ4n) is 1.74. The predicted molar refractivity (Wildman–Crippen MR) is 75.2 cm³/mol. The summed E-state index contributed by atoms with van der Waals surface area (Å²) in [5.74, 6) is -1.78. The van der Waals surface area contributed by atoms with Crippen LogP contribution in [0, 0.1) is 5.92 Å². The zero-order valence-electron chi connectivity index (χ0n) is 11.9. The largest absolute Gasteiger partial charge is 0.481 e. The van der Waals surface area contributed by atoms with Gasteiger partial charge in [-0.2, -0.15) is 0 Å². The lowest BCUT2D eigenvalue weighted by Crippen LogP contribution is -2.26. The summed E-state index contributed by atoms with van der Waals surface area (Å²) in [6.07, 6.45) is 2.23. The molecule has 0 fully saturated rings. The second-order valence-electron chi connectivity index (χ2n) is 4.85. The van der Waals surface area contributed by atoms with Crippen molar-refractivity contribution < 1.29 is 23.1 Å². The first-order valence-electron chi connectivity index (χ1n) is 6.33. The van der Waals surface area contributed by atoms with Gasteiger partial charge < -0.3 is 15.0 Å². The molecule has 1 amide bonds. The van der Waals surface area contributed by atoms with Crippen molar-refractivity contribution in [2.75, 3.05) is 6.54 Å². The van der Waals surface area contributed by atoms with Crippen LogP contribution in [0.3, 0.4) is 0 Å². The van der Waals surface area contributed by atoms with E-state index >= 15 is 0 Å². The maximum absolute atomic E-state index is 11.9. The summed E-state index contributed by atoms with van der Waals surface area (Å²) in [4.78, 5) is 22.4. The van der Waals surface area contributed by atoms with Gasteiger partial charge in [-0.25, -0.2) is 13.6 Å². The average Bonchev–Trinajstić information content (AvgIpc) is 2.76. The highest BCUT2D eigenvalue weighted by Gasteiger charge is 2.17. The molecule has 0 saturated heterocycles. The topological polar surface area (TPSA) is 131 Å². The van der Waals surface area contributed by atoms with Gasteiger partial charge in [0.2, 0.25) is 10.0 Å². The molecule has 0 bridgehead atoms. The number of amides is 1. The second kappa shape index (κ2) is 6.72. The number of rotatable bonds is 7. The normalized spacial score (nSPS) is 12.9. The molecule has 0 radical (unpaired) electrons. The molecule has 1 aromatic heterocycles. The molecule has 1 aromatic rings. The summed E-state index contributed by atoms with van der Waals surface area (Å²) < 4.78 is 23.8. The van der Waals surface area contributed by atoms with Crippen LogP contribution in [0.1, 0.15) is 30.3 Å². The van der Waals surface area contributed by atoms with Crippen LogP contribution >= 0.6 is 0 Å². The molecular weight excluding hydrogens is 298 g/mol. The predicted octanol–water partition coefficient (Wildman–Crippen LogP) is -0.0968. The summed E-state index contributed by atoms with van der Waals surface area (Å²) in [6.45, 7) is 1.91. The first kappa shape index (κ1) is 17.2. The van der Waals surface area contributed by atoms with Crippen LogP contribution in [0.25, 0.3) is 0 Å². The standard InChI is InChI=1S/C12H19N3O5S/c1-8(12(17)18)4-3-5-14-11(16)10-6-9(7-15(10)2)21(13,19)20/h6-8H,3-5H2,1-2H3,(H,14,16)(H,17,18)(H2,13,19,20). The monoisotopic (exact) mass is 317 g/mol. The highest BCUT2D eigenvalue weighted by Crippen LogP contribution is 2.12. The molecule has 21 heavy (non-hydrogen) atoms. The van der Waals surface area contributed by atoms with Crippen LogP contribution in [-0.2, 0) is 21.9 Å². The van der Waals surface area contributed by atoms with E-state index in [0.717, 1.165) is 0 Å². The van der Waals surface area contributed by atoms with Gasteiger partial charge in [0.1, 0.15) is 10.6 Å². The van der Waals surface area contributed by atoms with Crippen molar-refractivity contribution in [3.8, 4) is 0 Å². The Bertz CT molecular complexity index is 635. The van der Waals surface area contributed by atoms with E-state index in [4.69, 9.17) is 10.2 Å². The first-order valence-corrected chi connectivity index (χ1v) is 7.87. The van der Waals surface area contributed by atoms with Gasteiger partial charge in [-0.15, -0.1) is 0 Å². The maximum Gasteiger partial charge on any atom is 0.306 e. The van der Waals surface area contributed by atoms with E-state index in [-0.39, 0.29) is 10.6 Å². The molecule has 8 nitrogen and oxygen atoms in total. The van der Waals surface area contributed by atoms with E-state index < -0.39 is 27.8 Å². The molecule has 0 aliphatic carbocycles. The minimum atomic E-state index is -3.85. The van der Waals surface area contributed by atoms with Crippen molar-refractivity contribution >= 4 is 21.9 Å². The Morgan fingerprint density at radius 1 is 1.48 bits per heavy atom. The van der Waals surface area contributed by atoms with E-state index in [9.17, 15) is 18.0 Å². The molecule has 1 atom stereocenters. The summed E-state index contributed by atoms with van der Waals surface area (Å²) in [7, 11) is -2.31. The molecule has 4 N–H and O–H groups in total. The average molecular weight is 317 g/mol. The number of carbonyl (C=O) groups is 2. The van der Waals surface area contributed by atoms with Gasteiger partial charge in [-0.3, -0.25) is 9.59 Å². The lowest BCUT2D eigenvalue weighted by Gasteiger charge is -2.07. The molecule has 0 aliphatic heterocycles. The van der Waals surface area contributed by atoms with Crippen molar-refractivity contribution in [3.63, 3.8) is 0 Å². The molecule has 0 aromatic carbocycles. The van der Waals surface area contributed by atoms with E-state index in [1.54, 1.807) is 6.92 Å². The number of aromatic nitrogens is 1. The van der Waals surface area contributed by atoms with Crippen LogP contribution in [0.5, 0.6) is 0 Å². The van der Waals surface area contributed by atoms with Gasteiger partial charge in [0, 0.05) is 19.8 Å². The molecule has 9 heteroatoms. The van der Waals surface area contributed by atoms with Crippen molar-refractivity contribution in [1.82, 2.24) is 9.88 Å². The smallest absolute Gasteiger partial charge is 0.306 e. The summed E-state index contributed by atoms with van der Waals surface area (Å²) in [5, 5.41) is 16.3. The molecule has 0 spiro atoms. The number of carboxylic acids is 1. The van der Waals surface area contributed by atoms with E-state index in [1.807, 2.05) is 0 Å². The zero-order chi connectivity index (χ0) is 16.2. The summed E-state index contributed by atoms with van der Waals surface area (Å²) >= 11 is 0. The van der Waals surface area contributed by atoms with Crippen molar-refractivity contribution in [2.24, 2.45) is 18.1 Å². The van der Waals surface area contributed by atoms with Gasteiger partial charge in [-0.1, -0.05) is 6.92 Å². The van der Waals surface area contributed by atoms with Crippen molar-refractivity contribution in [2.45, 2.75) is 24.7 Å². The molecular formula is C12H19N3O5S. The van der Waals surface area contributed by atoms with Gasteiger partial charge in [0.05, 0.1) is 5.92 Å². The van der Waals surface area contributed by atoms with Crippen LogP contribution in [0.2, 0.25) is 0 Å². The Morgan fingerprint density at radius 2 is 2.10 bits per heavy atom. The van der Waals surface area contributed by atoms with Crippen molar-refractivity contribution in [1.29, 1.82) is 0 Å². The van der Waals surface area contributed by atoms with Gasteiger partial charge in [0.15, 0.2) is 0 Å².